The van der Waals surface area contributed by atoms with Crippen molar-refractivity contribution in [2.75, 3.05) is 6.61 Å². The fourth-order valence-corrected chi connectivity index (χ4v) is 0.990. The van der Waals surface area contributed by atoms with Gasteiger partial charge in [-0.2, -0.15) is 0 Å². The third kappa shape index (κ3) is 7.89. The van der Waals surface area contributed by atoms with Gasteiger partial charge in [0.2, 0.25) is 0 Å². The molecule has 106 valence electrons. The van der Waals surface area contributed by atoms with Gasteiger partial charge < -0.3 is 14.6 Å². The Morgan fingerprint density at radius 3 is 2.11 bits per heavy atom. The number of amides is 1. The van der Waals surface area contributed by atoms with Gasteiger partial charge in [-0.1, -0.05) is 0 Å². The van der Waals surface area contributed by atoms with Crippen LogP contribution >= 0.6 is 0 Å². The summed E-state index contributed by atoms with van der Waals surface area (Å²) in [6.45, 7) is 10.1. The summed E-state index contributed by atoms with van der Waals surface area (Å²) in [6, 6.07) is 0. The first-order chi connectivity index (χ1) is 7.93. The molecule has 1 atom stereocenters. The third-order valence-electron chi connectivity index (χ3n) is 1.92. The highest BCUT2D eigenvalue weighted by atomic mass is 16.6. The number of rotatable bonds is 5. The summed E-state index contributed by atoms with van der Waals surface area (Å²) in [7, 11) is 0. The van der Waals surface area contributed by atoms with Crippen LogP contribution in [0.3, 0.4) is 0 Å². The number of alkyl carbamates (subject to hydrolysis) is 1. The second-order valence-corrected chi connectivity index (χ2v) is 5.69. The molecule has 1 unspecified atom stereocenters. The van der Waals surface area contributed by atoms with Crippen molar-refractivity contribution in [2.24, 2.45) is 5.92 Å². The molecule has 2 N–H and O–H groups in total. The van der Waals surface area contributed by atoms with E-state index < -0.39 is 29.3 Å². The smallest absolute Gasteiger partial charge is 0.409 e. The molecule has 0 radical (unpaired) electrons. The van der Waals surface area contributed by atoms with Crippen molar-refractivity contribution >= 4 is 12.1 Å². The number of carbonyl (C=O) groups is 2. The van der Waals surface area contributed by atoms with Crippen molar-refractivity contribution in [1.82, 2.24) is 5.32 Å². The van der Waals surface area contributed by atoms with E-state index in [4.69, 9.17) is 14.6 Å². The van der Waals surface area contributed by atoms with Crippen molar-refractivity contribution in [1.29, 1.82) is 0 Å². The molecular weight excluding hydrogens is 238 g/mol. The highest BCUT2D eigenvalue weighted by molar-refractivity contribution is 5.69. The molecule has 0 aliphatic rings. The molecule has 0 saturated heterocycles. The molecule has 0 fully saturated rings. The summed E-state index contributed by atoms with van der Waals surface area (Å²) < 4.78 is 10.4. The normalized spacial score (nSPS) is 13.9. The number of hydrogen-bond donors (Lipinski definition) is 2. The Kier molecular flexibility index (Phi) is 5.60. The second kappa shape index (κ2) is 6.04. The van der Waals surface area contributed by atoms with Crippen molar-refractivity contribution in [3.63, 3.8) is 0 Å². The van der Waals surface area contributed by atoms with Crippen molar-refractivity contribution < 1.29 is 24.2 Å². The molecular formula is C12H23NO5. The number of carboxylic acid groups (broad SMARTS) is 1. The number of ether oxygens (including phenoxy) is 2. The van der Waals surface area contributed by atoms with E-state index in [1.54, 1.807) is 34.6 Å². The van der Waals surface area contributed by atoms with Crippen LogP contribution in [0.2, 0.25) is 0 Å². The summed E-state index contributed by atoms with van der Waals surface area (Å²) in [5, 5.41) is 11.3. The zero-order valence-corrected chi connectivity index (χ0v) is 11.9. The molecule has 0 heterocycles. The number of carbonyl (C=O) groups excluding carboxylic acids is 1. The summed E-state index contributed by atoms with van der Waals surface area (Å²) in [4.78, 5) is 22.2. The molecule has 0 aromatic carbocycles. The maximum Gasteiger partial charge on any atom is 0.409 e. The van der Waals surface area contributed by atoms with E-state index in [0.717, 1.165) is 0 Å². The fourth-order valence-electron chi connectivity index (χ4n) is 0.990. The van der Waals surface area contributed by atoms with Gasteiger partial charge in [0.25, 0.3) is 0 Å². The lowest BCUT2D eigenvalue weighted by molar-refractivity contribution is -0.146. The Morgan fingerprint density at radius 2 is 1.72 bits per heavy atom. The molecule has 0 spiro atoms. The van der Waals surface area contributed by atoms with Crippen LogP contribution in [-0.2, 0) is 14.3 Å². The Morgan fingerprint density at radius 1 is 1.22 bits per heavy atom. The van der Waals surface area contributed by atoms with E-state index in [0.29, 0.717) is 0 Å². The largest absolute Gasteiger partial charge is 0.481 e. The van der Waals surface area contributed by atoms with Gasteiger partial charge in [0, 0.05) is 0 Å². The fraction of sp³-hybridized carbons (Fsp3) is 0.833. The lowest BCUT2D eigenvalue weighted by Gasteiger charge is -2.29. The summed E-state index contributed by atoms with van der Waals surface area (Å²) >= 11 is 0. The maximum atomic E-state index is 11.5. The average molecular weight is 261 g/mol. The predicted molar refractivity (Wildman–Crippen MR) is 66.2 cm³/mol. The van der Waals surface area contributed by atoms with E-state index in [1.807, 2.05) is 0 Å². The van der Waals surface area contributed by atoms with E-state index >= 15 is 0 Å². The second-order valence-electron chi connectivity index (χ2n) is 5.69. The van der Waals surface area contributed by atoms with Gasteiger partial charge in [-0.15, -0.1) is 0 Å². The molecule has 0 bridgehead atoms. The van der Waals surface area contributed by atoms with Gasteiger partial charge in [-0.25, -0.2) is 4.79 Å². The van der Waals surface area contributed by atoms with Crippen LogP contribution < -0.4 is 5.32 Å². The Labute approximate surface area is 108 Å². The van der Waals surface area contributed by atoms with Crippen molar-refractivity contribution in [2.45, 2.75) is 52.9 Å². The van der Waals surface area contributed by atoms with Gasteiger partial charge in [-0.3, -0.25) is 10.1 Å². The minimum atomic E-state index is -0.980. The van der Waals surface area contributed by atoms with E-state index in [9.17, 15) is 9.59 Å². The number of hydrogen-bond acceptors (Lipinski definition) is 4. The molecule has 1 amide bonds. The Bertz CT molecular complexity index is 306. The summed E-state index contributed by atoms with van der Waals surface area (Å²) in [5.74, 6) is -1.58. The summed E-state index contributed by atoms with van der Waals surface area (Å²) in [5.41, 5.74) is -1.57. The van der Waals surface area contributed by atoms with Crippen LogP contribution in [0.4, 0.5) is 4.79 Å². The minimum absolute atomic E-state index is 0.0120. The minimum Gasteiger partial charge on any atom is -0.481 e. The highest BCUT2D eigenvalue weighted by Crippen LogP contribution is 2.11. The standard InChI is InChI=1S/C12H23NO5/c1-8(9(14)15)7-17-12(5,6)13-10(16)18-11(2,3)4/h8H,7H2,1-6H3,(H,13,16)(H,14,15). The number of aliphatic carboxylic acids is 1. The number of nitrogens with one attached hydrogen (secondary N) is 1. The molecule has 0 aliphatic carbocycles. The topological polar surface area (TPSA) is 84.9 Å². The first-order valence-corrected chi connectivity index (χ1v) is 5.81. The van der Waals surface area contributed by atoms with Crippen LogP contribution in [0.15, 0.2) is 0 Å². The van der Waals surface area contributed by atoms with E-state index in [2.05, 4.69) is 5.32 Å². The Balaban J connectivity index is 4.22. The zero-order chi connectivity index (χ0) is 14.6. The van der Waals surface area contributed by atoms with Gasteiger partial charge >= 0.3 is 12.1 Å². The molecule has 6 nitrogen and oxygen atoms in total. The van der Waals surface area contributed by atoms with Gasteiger partial charge in [0.1, 0.15) is 11.3 Å². The SMILES string of the molecule is CC(COC(C)(C)NC(=O)OC(C)(C)C)C(=O)O. The molecule has 6 heteroatoms. The van der Waals surface area contributed by atoms with Crippen LogP contribution in [-0.4, -0.2) is 35.1 Å². The monoisotopic (exact) mass is 261 g/mol. The van der Waals surface area contributed by atoms with Gasteiger partial charge in [0.05, 0.1) is 12.5 Å². The lowest BCUT2D eigenvalue weighted by atomic mass is 10.2. The van der Waals surface area contributed by atoms with E-state index in [-0.39, 0.29) is 6.61 Å². The molecule has 18 heavy (non-hydrogen) atoms. The molecule has 0 saturated carbocycles. The van der Waals surface area contributed by atoms with Crippen LogP contribution in [0.1, 0.15) is 41.5 Å². The maximum absolute atomic E-state index is 11.5. The van der Waals surface area contributed by atoms with Crippen LogP contribution in [0.5, 0.6) is 0 Å². The lowest BCUT2D eigenvalue weighted by Crippen LogP contribution is -2.48. The van der Waals surface area contributed by atoms with Crippen LogP contribution in [0, 0.1) is 5.92 Å². The highest BCUT2D eigenvalue weighted by Gasteiger charge is 2.26. The first kappa shape index (κ1) is 16.7. The van der Waals surface area contributed by atoms with Gasteiger partial charge in [-0.05, 0) is 41.5 Å². The van der Waals surface area contributed by atoms with Gasteiger partial charge in [0.15, 0.2) is 0 Å². The quantitative estimate of drug-likeness (QED) is 0.739. The average Bonchev–Trinajstić information content (AvgIpc) is 2.09. The Hall–Kier alpha value is -1.30. The number of carboxylic acids is 1. The first-order valence-electron chi connectivity index (χ1n) is 5.81. The van der Waals surface area contributed by atoms with E-state index in [1.165, 1.54) is 6.92 Å². The molecule has 0 aromatic rings. The van der Waals surface area contributed by atoms with Crippen LogP contribution in [0.25, 0.3) is 0 Å². The third-order valence-corrected chi connectivity index (χ3v) is 1.92. The molecule has 0 aliphatic heterocycles. The molecule has 0 rings (SSSR count). The predicted octanol–water partition coefficient (Wildman–Crippen LogP) is 1.98. The molecule has 0 aromatic heterocycles. The van der Waals surface area contributed by atoms with Crippen molar-refractivity contribution in [3.8, 4) is 0 Å². The van der Waals surface area contributed by atoms with Crippen molar-refractivity contribution in [3.05, 3.63) is 0 Å². The summed E-state index contributed by atoms with van der Waals surface area (Å²) in [6.07, 6.45) is -0.601. The zero-order valence-electron chi connectivity index (χ0n) is 11.9.